The Balaban J connectivity index is 1.43. The summed E-state index contributed by atoms with van der Waals surface area (Å²) in [5.41, 5.74) is 1.69. The lowest BCUT2D eigenvalue weighted by Gasteiger charge is -2.16. The molecule has 152 valence electrons. The number of amides is 1. The highest BCUT2D eigenvalue weighted by Gasteiger charge is 2.27. The lowest BCUT2D eigenvalue weighted by molar-refractivity contribution is -0.143. The van der Waals surface area contributed by atoms with Crippen molar-refractivity contribution in [1.82, 2.24) is 9.88 Å². The predicted molar refractivity (Wildman–Crippen MR) is 111 cm³/mol. The van der Waals surface area contributed by atoms with E-state index in [2.05, 4.69) is 9.72 Å². The molecule has 1 saturated heterocycles. The van der Waals surface area contributed by atoms with Gasteiger partial charge in [0.25, 0.3) is 0 Å². The van der Waals surface area contributed by atoms with Crippen molar-refractivity contribution < 1.29 is 23.9 Å². The second-order valence-electron chi connectivity index (χ2n) is 6.10. The fraction of sp³-hybridized carbons (Fsp3) is 0.300. The van der Waals surface area contributed by atoms with E-state index in [1.54, 1.807) is 0 Å². The summed E-state index contributed by atoms with van der Waals surface area (Å²) in [6, 6.07) is 9.78. The van der Waals surface area contributed by atoms with Gasteiger partial charge in [-0.3, -0.25) is 9.59 Å². The molecule has 1 aliphatic heterocycles. The number of thioether (sulfide) groups is 1. The minimum absolute atomic E-state index is 0.0765. The topological polar surface area (TPSA) is 85.8 Å². The molecule has 1 amide bonds. The molecule has 7 nitrogen and oxygen atoms in total. The van der Waals surface area contributed by atoms with Gasteiger partial charge in [0.05, 0.1) is 42.7 Å². The molecule has 3 rings (SSSR count). The van der Waals surface area contributed by atoms with Crippen LogP contribution in [0.2, 0.25) is 0 Å². The second-order valence-corrected chi connectivity index (χ2v) is 7.95. The quantitative estimate of drug-likeness (QED) is 0.360. The van der Waals surface area contributed by atoms with Gasteiger partial charge >= 0.3 is 11.9 Å². The molecule has 1 fully saturated rings. The maximum atomic E-state index is 12.1. The summed E-state index contributed by atoms with van der Waals surface area (Å²) in [6.45, 7) is 0.561. The van der Waals surface area contributed by atoms with Gasteiger partial charge in [0, 0.05) is 17.5 Å². The summed E-state index contributed by atoms with van der Waals surface area (Å²) in [4.78, 5) is 41.4. The second kappa shape index (κ2) is 10.2. The maximum Gasteiger partial charge on any atom is 0.333 e. The van der Waals surface area contributed by atoms with Gasteiger partial charge in [-0.05, 0) is 6.42 Å². The normalized spacial score (nSPS) is 15.0. The van der Waals surface area contributed by atoms with Crippen LogP contribution in [-0.4, -0.2) is 53.7 Å². The number of esters is 2. The summed E-state index contributed by atoms with van der Waals surface area (Å²) >= 11 is 2.78. The first-order chi connectivity index (χ1) is 14.1. The van der Waals surface area contributed by atoms with E-state index in [-0.39, 0.29) is 30.7 Å². The average Bonchev–Trinajstić information content (AvgIpc) is 3.33. The van der Waals surface area contributed by atoms with Crippen molar-refractivity contribution in [2.75, 3.05) is 26.0 Å². The summed E-state index contributed by atoms with van der Waals surface area (Å²) in [6.07, 6.45) is 1.88. The molecular weight excluding hydrogens is 412 g/mol. The molecular formula is C20H20N2O5S2. The number of methoxy groups -OCH3 is 1. The van der Waals surface area contributed by atoms with E-state index in [9.17, 15) is 14.4 Å². The number of aromatic nitrogens is 1. The zero-order chi connectivity index (χ0) is 20.6. The number of ether oxygens (including phenoxy) is 2. The van der Waals surface area contributed by atoms with Gasteiger partial charge in [-0.25, -0.2) is 9.78 Å². The van der Waals surface area contributed by atoms with E-state index in [1.165, 1.54) is 41.2 Å². The number of hydrogen-bond acceptors (Lipinski definition) is 8. The predicted octanol–water partition coefficient (Wildman–Crippen LogP) is 2.88. The Hall–Kier alpha value is -2.65. The highest BCUT2D eigenvalue weighted by atomic mass is 32.2. The van der Waals surface area contributed by atoms with Crippen LogP contribution in [0.1, 0.15) is 12.1 Å². The summed E-state index contributed by atoms with van der Waals surface area (Å²) in [7, 11) is 1.29. The van der Waals surface area contributed by atoms with Crippen molar-refractivity contribution in [1.29, 1.82) is 0 Å². The summed E-state index contributed by atoms with van der Waals surface area (Å²) in [5, 5.41) is 3.28. The summed E-state index contributed by atoms with van der Waals surface area (Å²) in [5.74, 6) is -0.651. The van der Waals surface area contributed by atoms with Crippen molar-refractivity contribution in [3.63, 3.8) is 0 Å². The van der Waals surface area contributed by atoms with Gasteiger partial charge in [-0.2, -0.15) is 0 Å². The van der Waals surface area contributed by atoms with Crippen molar-refractivity contribution in [2.45, 2.75) is 12.8 Å². The van der Waals surface area contributed by atoms with Crippen LogP contribution in [0.15, 0.2) is 46.8 Å². The number of carbonyl (C=O) groups excluding carboxylic acids is 3. The highest BCUT2D eigenvalue weighted by Crippen LogP contribution is 2.29. The van der Waals surface area contributed by atoms with Crippen molar-refractivity contribution >= 4 is 40.9 Å². The lowest BCUT2D eigenvalue weighted by Crippen LogP contribution is -2.27. The van der Waals surface area contributed by atoms with Gasteiger partial charge in [0.2, 0.25) is 5.91 Å². The highest BCUT2D eigenvalue weighted by molar-refractivity contribution is 8.04. The molecule has 0 unspecified atom stereocenters. The van der Waals surface area contributed by atoms with Gasteiger partial charge in [0.15, 0.2) is 0 Å². The van der Waals surface area contributed by atoms with Crippen LogP contribution < -0.4 is 0 Å². The zero-order valence-corrected chi connectivity index (χ0v) is 17.5. The number of nitrogens with zero attached hydrogens (tertiary/aromatic N) is 2. The third kappa shape index (κ3) is 5.91. The Morgan fingerprint density at radius 3 is 2.83 bits per heavy atom. The Morgan fingerprint density at radius 1 is 1.28 bits per heavy atom. The fourth-order valence-electron chi connectivity index (χ4n) is 2.64. The Morgan fingerprint density at radius 2 is 2.07 bits per heavy atom. The van der Waals surface area contributed by atoms with E-state index < -0.39 is 5.97 Å². The van der Waals surface area contributed by atoms with Crippen LogP contribution in [0.25, 0.3) is 10.6 Å². The van der Waals surface area contributed by atoms with Crippen LogP contribution in [0.5, 0.6) is 0 Å². The molecule has 1 aromatic carbocycles. The third-order valence-electron chi connectivity index (χ3n) is 4.04. The molecule has 0 spiro atoms. The Kier molecular flexibility index (Phi) is 7.42. The molecule has 0 atom stereocenters. The van der Waals surface area contributed by atoms with Gasteiger partial charge < -0.3 is 14.4 Å². The SMILES string of the molecule is COC(=O)/C=C1/SCC(=O)N1CCCOC(=O)Cc1csc(-c2ccccc2)n1. The zero-order valence-electron chi connectivity index (χ0n) is 15.8. The monoisotopic (exact) mass is 432 g/mol. The van der Waals surface area contributed by atoms with Crippen molar-refractivity contribution in [3.8, 4) is 10.6 Å². The standard InChI is InChI=1S/C20H20N2O5S2/c1-26-18(24)11-17-22(16(23)13-28-17)8-5-9-27-19(25)10-15-12-29-20(21-15)14-6-3-2-4-7-14/h2-4,6-7,11-12H,5,8-10,13H2,1H3/b17-11+. The number of carbonyl (C=O) groups is 3. The molecule has 1 aromatic heterocycles. The van der Waals surface area contributed by atoms with Crippen molar-refractivity contribution in [3.05, 3.63) is 52.5 Å². The minimum Gasteiger partial charge on any atom is -0.466 e. The van der Waals surface area contributed by atoms with E-state index in [4.69, 9.17) is 4.74 Å². The molecule has 9 heteroatoms. The Bertz CT molecular complexity index is 911. The number of rotatable bonds is 8. The van der Waals surface area contributed by atoms with Crippen LogP contribution in [0.3, 0.4) is 0 Å². The van der Waals surface area contributed by atoms with Gasteiger partial charge in [-0.1, -0.05) is 42.1 Å². The molecule has 0 bridgehead atoms. The van der Waals surface area contributed by atoms with Gasteiger partial charge in [-0.15, -0.1) is 11.3 Å². The van der Waals surface area contributed by atoms with Crippen LogP contribution >= 0.6 is 23.1 Å². The molecule has 0 radical (unpaired) electrons. The minimum atomic E-state index is -0.503. The first-order valence-corrected chi connectivity index (χ1v) is 10.8. The van der Waals surface area contributed by atoms with Crippen LogP contribution in [0.4, 0.5) is 0 Å². The Labute approximate surface area is 176 Å². The van der Waals surface area contributed by atoms with E-state index in [0.29, 0.717) is 23.7 Å². The lowest BCUT2D eigenvalue weighted by atomic mass is 10.2. The van der Waals surface area contributed by atoms with E-state index in [1.807, 2.05) is 35.7 Å². The average molecular weight is 433 g/mol. The smallest absolute Gasteiger partial charge is 0.333 e. The number of thiazole rings is 1. The number of benzene rings is 1. The number of hydrogen-bond donors (Lipinski definition) is 0. The maximum absolute atomic E-state index is 12.1. The molecule has 2 heterocycles. The summed E-state index contributed by atoms with van der Waals surface area (Å²) < 4.78 is 9.86. The molecule has 2 aromatic rings. The van der Waals surface area contributed by atoms with E-state index in [0.717, 1.165) is 10.6 Å². The molecule has 1 aliphatic rings. The fourth-order valence-corrected chi connectivity index (χ4v) is 4.42. The largest absolute Gasteiger partial charge is 0.466 e. The van der Waals surface area contributed by atoms with E-state index >= 15 is 0 Å². The van der Waals surface area contributed by atoms with Gasteiger partial charge in [0.1, 0.15) is 5.01 Å². The molecule has 0 N–H and O–H groups in total. The first-order valence-electron chi connectivity index (χ1n) is 8.95. The molecule has 0 aliphatic carbocycles. The van der Waals surface area contributed by atoms with Crippen LogP contribution in [-0.2, 0) is 30.3 Å². The molecule has 0 saturated carbocycles. The van der Waals surface area contributed by atoms with Crippen LogP contribution in [0, 0.1) is 0 Å². The van der Waals surface area contributed by atoms with Crippen molar-refractivity contribution in [2.24, 2.45) is 0 Å². The molecule has 29 heavy (non-hydrogen) atoms. The first kappa shape index (κ1) is 21.1. The third-order valence-corrected chi connectivity index (χ3v) is 6.01.